The van der Waals surface area contributed by atoms with Gasteiger partial charge in [-0.1, -0.05) is 65.8 Å². The standard InChI is InChI=1S/C24H25ClN4O2S/c1-17(19-5-3-2-4-6-19)26-23(30)20-9-7-18(8-10-20)16-32-24-27-21(25)15-22(28-24)29-11-13-31-14-12-29/h2-10,15,17H,11-14,16H2,1H3,(H,26,30). The van der Waals surface area contributed by atoms with Gasteiger partial charge >= 0.3 is 0 Å². The number of hydrogen-bond donors (Lipinski definition) is 1. The van der Waals surface area contributed by atoms with Crippen molar-refractivity contribution < 1.29 is 9.53 Å². The lowest BCUT2D eigenvalue weighted by Gasteiger charge is -2.27. The number of anilines is 1. The van der Waals surface area contributed by atoms with E-state index in [1.807, 2.05) is 61.5 Å². The molecule has 166 valence electrons. The molecule has 3 aromatic rings. The number of carbonyl (C=O) groups excluding carboxylic acids is 1. The van der Waals surface area contributed by atoms with Crippen molar-refractivity contribution in [2.24, 2.45) is 0 Å². The normalized spacial score (nSPS) is 14.8. The van der Waals surface area contributed by atoms with Crippen LogP contribution in [0.15, 0.2) is 65.8 Å². The second-order valence-corrected chi connectivity index (χ2v) is 8.85. The van der Waals surface area contributed by atoms with Crippen molar-refractivity contribution in [2.75, 3.05) is 31.2 Å². The SMILES string of the molecule is CC(NC(=O)c1ccc(CSc2nc(Cl)cc(N3CCOCC3)n2)cc1)c1ccccc1. The molecule has 1 unspecified atom stereocenters. The average Bonchev–Trinajstić information content (AvgIpc) is 2.84. The van der Waals surface area contributed by atoms with E-state index in [1.165, 1.54) is 11.8 Å². The summed E-state index contributed by atoms with van der Waals surface area (Å²) in [5, 5.41) is 4.11. The zero-order valence-corrected chi connectivity index (χ0v) is 19.4. The van der Waals surface area contributed by atoms with E-state index in [-0.39, 0.29) is 11.9 Å². The number of amides is 1. The van der Waals surface area contributed by atoms with Crippen molar-refractivity contribution in [2.45, 2.75) is 23.9 Å². The topological polar surface area (TPSA) is 67.4 Å². The summed E-state index contributed by atoms with van der Waals surface area (Å²) in [7, 11) is 0. The highest BCUT2D eigenvalue weighted by molar-refractivity contribution is 7.98. The van der Waals surface area contributed by atoms with Crippen LogP contribution in [0.2, 0.25) is 5.15 Å². The average molecular weight is 469 g/mol. The van der Waals surface area contributed by atoms with Gasteiger partial charge in [0.25, 0.3) is 5.91 Å². The second-order valence-electron chi connectivity index (χ2n) is 7.52. The third-order valence-corrected chi connectivity index (χ3v) is 6.34. The number of halogens is 1. The lowest BCUT2D eigenvalue weighted by molar-refractivity contribution is 0.0940. The van der Waals surface area contributed by atoms with Gasteiger partial charge in [-0.15, -0.1) is 0 Å². The van der Waals surface area contributed by atoms with E-state index in [0.29, 0.717) is 34.8 Å². The summed E-state index contributed by atoms with van der Waals surface area (Å²) in [4.78, 5) is 23.7. The van der Waals surface area contributed by atoms with Crippen LogP contribution in [0, 0.1) is 0 Å². The van der Waals surface area contributed by atoms with Gasteiger partial charge in [-0.2, -0.15) is 0 Å². The molecule has 0 bridgehead atoms. The molecule has 8 heteroatoms. The molecule has 0 spiro atoms. The summed E-state index contributed by atoms with van der Waals surface area (Å²) in [5.74, 6) is 1.43. The summed E-state index contributed by atoms with van der Waals surface area (Å²) in [6.07, 6.45) is 0. The van der Waals surface area contributed by atoms with E-state index in [1.54, 1.807) is 6.07 Å². The van der Waals surface area contributed by atoms with Gasteiger partial charge in [0.15, 0.2) is 5.16 Å². The van der Waals surface area contributed by atoms with Crippen LogP contribution in [0.25, 0.3) is 0 Å². The number of nitrogens with zero attached hydrogens (tertiary/aromatic N) is 3. The molecule has 32 heavy (non-hydrogen) atoms. The Morgan fingerprint density at radius 1 is 1.12 bits per heavy atom. The maximum absolute atomic E-state index is 12.6. The van der Waals surface area contributed by atoms with Gasteiger partial charge in [0.1, 0.15) is 11.0 Å². The maximum Gasteiger partial charge on any atom is 0.251 e. The first-order valence-electron chi connectivity index (χ1n) is 10.5. The Hall–Kier alpha value is -2.61. The van der Waals surface area contributed by atoms with E-state index < -0.39 is 0 Å². The fraction of sp³-hybridized carbons (Fsp3) is 0.292. The molecule has 0 aliphatic carbocycles. The Kier molecular flexibility index (Phi) is 7.63. The van der Waals surface area contributed by atoms with Crippen LogP contribution >= 0.6 is 23.4 Å². The van der Waals surface area contributed by atoms with Crippen LogP contribution in [0.3, 0.4) is 0 Å². The highest BCUT2D eigenvalue weighted by Gasteiger charge is 2.15. The van der Waals surface area contributed by atoms with Crippen LogP contribution in [0.1, 0.15) is 34.5 Å². The van der Waals surface area contributed by atoms with E-state index in [0.717, 1.165) is 30.0 Å². The Morgan fingerprint density at radius 3 is 2.56 bits per heavy atom. The van der Waals surface area contributed by atoms with Gasteiger partial charge in [-0.25, -0.2) is 9.97 Å². The Labute approximate surface area is 197 Å². The third-order valence-electron chi connectivity index (χ3n) is 5.23. The van der Waals surface area contributed by atoms with Crippen LogP contribution in [0.4, 0.5) is 5.82 Å². The quantitative estimate of drug-likeness (QED) is 0.306. The Bertz CT molecular complexity index is 1040. The Balaban J connectivity index is 1.35. The van der Waals surface area contributed by atoms with E-state index >= 15 is 0 Å². The molecule has 1 atom stereocenters. The van der Waals surface area contributed by atoms with Gasteiger partial charge in [0, 0.05) is 30.5 Å². The summed E-state index contributed by atoms with van der Waals surface area (Å²) in [5.41, 5.74) is 2.79. The molecular weight excluding hydrogens is 444 g/mol. The third kappa shape index (κ3) is 6.00. The number of benzene rings is 2. The molecule has 0 saturated carbocycles. The van der Waals surface area contributed by atoms with Crippen molar-refractivity contribution in [3.05, 3.63) is 82.5 Å². The zero-order valence-electron chi connectivity index (χ0n) is 17.8. The van der Waals surface area contributed by atoms with Gasteiger partial charge < -0.3 is 15.0 Å². The van der Waals surface area contributed by atoms with Crippen LogP contribution < -0.4 is 10.2 Å². The van der Waals surface area contributed by atoms with Crippen molar-refractivity contribution in [1.29, 1.82) is 0 Å². The van der Waals surface area contributed by atoms with E-state index in [4.69, 9.17) is 16.3 Å². The van der Waals surface area contributed by atoms with Gasteiger partial charge in [0.2, 0.25) is 0 Å². The van der Waals surface area contributed by atoms with E-state index in [2.05, 4.69) is 20.2 Å². The summed E-state index contributed by atoms with van der Waals surface area (Å²) in [6, 6.07) is 19.3. The summed E-state index contributed by atoms with van der Waals surface area (Å²) < 4.78 is 5.41. The largest absolute Gasteiger partial charge is 0.378 e. The summed E-state index contributed by atoms with van der Waals surface area (Å²) in [6.45, 7) is 4.95. The van der Waals surface area contributed by atoms with E-state index in [9.17, 15) is 4.79 Å². The molecule has 4 rings (SSSR count). The molecule has 0 radical (unpaired) electrons. The van der Waals surface area contributed by atoms with Crippen molar-refractivity contribution in [3.63, 3.8) is 0 Å². The minimum absolute atomic E-state index is 0.0560. The predicted octanol–water partition coefficient (Wildman–Crippen LogP) is 4.75. The summed E-state index contributed by atoms with van der Waals surface area (Å²) >= 11 is 7.75. The second kappa shape index (κ2) is 10.8. The van der Waals surface area contributed by atoms with Crippen LogP contribution in [0.5, 0.6) is 0 Å². The molecule has 1 saturated heterocycles. The highest BCUT2D eigenvalue weighted by Crippen LogP contribution is 2.25. The fourth-order valence-corrected chi connectivity index (χ4v) is 4.45. The number of ether oxygens (including phenoxy) is 1. The lowest BCUT2D eigenvalue weighted by atomic mass is 10.1. The number of aromatic nitrogens is 2. The number of carbonyl (C=O) groups is 1. The molecule has 1 amide bonds. The first-order chi connectivity index (χ1) is 15.6. The molecule has 1 aromatic heterocycles. The molecule has 6 nitrogen and oxygen atoms in total. The van der Waals surface area contributed by atoms with Crippen molar-refractivity contribution in [3.8, 4) is 0 Å². The smallest absolute Gasteiger partial charge is 0.251 e. The number of nitrogens with one attached hydrogen (secondary N) is 1. The predicted molar refractivity (Wildman–Crippen MR) is 128 cm³/mol. The minimum atomic E-state index is -0.0890. The number of rotatable bonds is 7. The molecule has 1 N–H and O–H groups in total. The molecular formula is C24H25ClN4O2S. The molecule has 1 aliphatic heterocycles. The maximum atomic E-state index is 12.6. The molecule has 1 fully saturated rings. The van der Waals surface area contributed by atoms with Crippen molar-refractivity contribution >= 4 is 35.1 Å². The fourth-order valence-electron chi connectivity index (χ4n) is 3.41. The minimum Gasteiger partial charge on any atom is -0.378 e. The number of hydrogen-bond acceptors (Lipinski definition) is 6. The molecule has 1 aliphatic rings. The van der Waals surface area contributed by atoms with Gasteiger partial charge in [-0.05, 0) is 30.2 Å². The first-order valence-corrected chi connectivity index (χ1v) is 11.9. The molecule has 2 aromatic carbocycles. The molecule has 2 heterocycles. The van der Waals surface area contributed by atoms with Crippen molar-refractivity contribution in [1.82, 2.24) is 15.3 Å². The highest BCUT2D eigenvalue weighted by atomic mass is 35.5. The first kappa shape index (κ1) is 22.6. The van der Waals surface area contributed by atoms with Crippen LogP contribution in [-0.2, 0) is 10.5 Å². The van der Waals surface area contributed by atoms with Gasteiger partial charge in [-0.3, -0.25) is 4.79 Å². The zero-order chi connectivity index (χ0) is 22.3. The van der Waals surface area contributed by atoms with Gasteiger partial charge in [0.05, 0.1) is 19.3 Å². The lowest BCUT2D eigenvalue weighted by Crippen LogP contribution is -2.36. The number of morpholine rings is 1. The Morgan fingerprint density at radius 2 is 1.84 bits per heavy atom. The number of thioether (sulfide) groups is 1. The van der Waals surface area contributed by atoms with Crippen LogP contribution in [-0.4, -0.2) is 42.2 Å². The monoisotopic (exact) mass is 468 g/mol.